The van der Waals surface area contributed by atoms with Crippen LogP contribution in [0.4, 0.5) is 11.8 Å². The molecule has 2 rings (SSSR count). The summed E-state index contributed by atoms with van der Waals surface area (Å²) < 4.78 is 0. The van der Waals surface area contributed by atoms with Gasteiger partial charge in [-0.25, -0.2) is 4.98 Å². The molecular weight excluding hydrogens is 248 g/mol. The molecular formula is C16H20N4. The number of hydrogen-bond acceptors (Lipinski definition) is 4. The lowest BCUT2D eigenvalue weighted by Crippen LogP contribution is -2.08. The summed E-state index contributed by atoms with van der Waals surface area (Å²) in [5, 5.41) is 6.45. The van der Waals surface area contributed by atoms with Crippen molar-refractivity contribution in [2.45, 2.75) is 13.3 Å². The summed E-state index contributed by atoms with van der Waals surface area (Å²) in [6.07, 6.45) is 2.85. The molecule has 0 fully saturated rings. The Kier molecular flexibility index (Phi) is 5.12. The van der Waals surface area contributed by atoms with Crippen molar-refractivity contribution >= 4 is 11.8 Å². The third kappa shape index (κ3) is 3.82. The minimum atomic E-state index is 0.616. The van der Waals surface area contributed by atoms with Gasteiger partial charge in [0.1, 0.15) is 5.82 Å². The number of aromatic nitrogens is 2. The van der Waals surface area contributed by atoms with E-state index in [4.69, 9.17) is 0 Å². The summed E-state index contributed by atoms with van der Waals surface area (Å²) in [6.45, 7) is 7.36. The Labute approximate surface area is 120 Å². The van der Waals surface area contributed by atoms with E-state index in [1.807, 2.05) is 36.4 Å². The van der Waals surface area contributed by atoms with E-state index in [9.17, 15) is 0 Å². The second kappa shape index (κ2) is 7.28. The molecule has 0 amide bonds. The molecule has 0 saturated heterocycles. The molecule has 2 aromatic rings. The molecule has 1 heterocycles. The van der Waals surface area contributed by atoms with Crippen LogP contribution in [0.15, 0.2) is 49.1 Å². The van der Waals surface area contributed by atoms with Crippen LogP contribution in [0.3, 0.4) is 0 Å². The molecule has 0 aliphatic carbocycles. The minimum Gasteiger partial charge on any atom is -0.370 e. The Hall–Kier alpha value is -2.36. The van der Waals surface area contributed by atoms with E-state index in [1.165, 1.54) is 0 Å². The molecule has 4 heteroatoms. The van der Waals surface area contributed by atoms with E-state index in [2.05, 4.69) is 34.1 Å². The fourth-order valence-corrected chi connectivity index (χ4v) is 1.79. The maximum absolute atomic E-state index is 4.54. The number of benzene rings is 1. The molecule has 4 nitrogen and oxygen atoms in total. The molecule has 0 spiro atoms. The van der Waals surface area contributed by atoms with Crippen molar-refractivity contribution in [3.8, 4) is 11.3 Å². The standard InChI is InChI=1S/C16H20N4/c1-3-10-17-15-12-14(13-8-6-5-7-9-13)19-16(20-15)18-11-4-2/h4-9,12H,2-3,10-11H2,1H3,(H2,17,18,19,20). The van der Waals surface area contributed by atoms with Crippen molar-refractivity contribution in [1.29, 1.82) is 0 Å². The van der Waals surface area contributed by atoms with Crippen LogP contribution in [-0.2, 0) is 0 Å². The molecule has 0 saturated carbocycles. The average molecular weight is 268 g/mol. The lowest BCUT2D eigenvalue weighted by molar-refractivity contribution is 0.965. The SMILES string of the molecule is C=CCNc1nc(NCCC)cc(-c2ccccc2)n1. The fraction of sp³-hybridized carbons (Fsp3) is 0.250. The summed E-state index contributed by atoms with van der Waals surface area (Å²) in [7, 11) is 0. The van der Waals surface area contributed by atoms with Gasteiger partial charge in [0.2, 0.25) is 5.95 Å². The first kappa shape index (κ1) is 14.1. The lowest BCUT2D eigenvalue weighted by Gasteiger charge is -2.10. The topological polar surface area (TPSA) is 49.8 Å². The minimum absolute atomic E-state index is 0.616. The number of nitrogens with one attached hydrogen (secondary N) is 2. The van der Waals surface area contributed by atoms with Gasteiger partial charge in [-0.15, -0.1) is 6.58 Å². The van der Waals surface area contributed by atoms with Crippen LogP contribution in [0.25, 0.3) is 11.3 Å². The van der Waals surface area contributed by atoms with Crippen molar-refractivity contribution < 1.29 is 0 Å². The zero-order valence-corrected chi connectivity index (χ0v) is 11.8. The van der Waals surface area contributed by atoms with E-state index in [0.717, 1.165) is 30.0 Å². The molecule has 0 bridgehead atoms. The smallest absolute Gasteiger partial charge is 0.225 e. The quantitative estimate of drug-likeness (QED) is 0.754. The third-order valence-electron chi connectivity index (χ3n) is 2.76. The van der Waals surface area contributed by atoms with Gasteiger partial charge < -0.3 is 10.6 Å². The van der Waals surface area contributed by atoms with Gasteiger partial charge in [-0.05, 0) is 6.42 Å². The normalized spacial score (nSPS) is 10.1. The van der Waals surface area contributed by atoms with Crippen LogP contribution in [0, 0.1) is 0 Å². The highest BCUT2D eigenvalue weighted by Crippen LogP contribution is 2.21. The maximum atomic E-state index is 4.54. The Morgan fingerprint density at radius 1 is 1.15 bits per heavy atom. The highest BCUT2D eigenvalue weighted by Gasteiger charge is 2.05. The third-order valence-corrected chi connectivity index (χ3v) is 2.76. The molecule has 1 aromatic heterocycles. The summed E-state index contributed by atoms with van der Waals surface area (Å²) in [5.41, 5.74) is 1.99. The number of nitrogens with zero attached hydrogens (tertiary/aromatic N) is 2. The molecule has 0 radical (unpaired) electrons. The van der Waals surface area contributed by atoms with Gasteiger partial charge >= 0.3 is 0 Å². The van der Waals surface area contributed by atoms with Crippen molar-refractivity contribution in [2.75, 3.05) is 23.7 Å². The monoisotopic (exact) mass is 268 g/mol. The van der Waals surface area contributed by atoms with Crippen molar-refractivity contribution in [3.63, 3.8) is 0 Å². The Morgan fingerprint density at radius 2 is 1.95 bits per heavy atom. The van der Waals surface area contributed by atoms with E-state index < -0.39 is 0 Å². The predicted octanol–water partition coefficient (Wildman–Crippen LogP) is 3.56. The Bertz CT molecular complexity index is 552. The van der Waals surface area contributed by atoms with Gasteiger partial charge in [-0.2, -0.15) is 4.98 Å². The van der Waals surface area contributed by atoms with E-state index in [0.29, 0.717) is 12.5 Å². The van der Waals surface area contributed by atoms with Crippen LogP contribution in [0.5, 0.6) is 0 Å². The van der Waals surface area contributed by atoms with E-state index in [-0.39, 0.29) is 0 Å². The maximum Gasteiger partial charge on any atom is 0.225 e. The zero-order chi connectivity index (χ0) is 14.2. The second-order valence-corrected chi connectivity index (χ2v) is 4.42. The van der Waals surface area contributed by atoms with Crippen LogP contribution >= 0.6 is 0 Å². The predicted molar refractivity (Wildman–Crippen MR) is 84.9 cm³/mol. The van der Waals surface area contributed by atoms with E-state index >= 15 is 0 Å². The van der Waals surface area contributed by atoms with Gasteiger partial charge in [-0.1, -0.05) is 43.3 Å². The fourth-order valence-electron chi connectivity index (χ4n) is 1.79. The zero-order valence-electron chi connectivity index (χ0n) is 11.8. The van der Waals surface area contributed by atoms with Gasteiger partial charge in [0, 0.05) is 24.7 Å². The number of rotatable bonds is 7. The van der Waals surface area contributed by atoms with Crippen molar-refractivity contribution in [1.82, 2.24) is 9.97 Å². The number of anilines is 2. The molecule has 0 aliphatic rings. The summed E-state index contributed by atoms with van der Waals surface area (Å²) in [6, 6.07) is 12.1. The average Bonchev–Trinajstić information content (AvgIpc) is 2.51. The Morgan fingerprint density at radius 3 is 2.65 bits per heavy atom. The molecule has 0 atom stereocenters. The highest BCUT2D eigenvalue weighted by molar-refractivity contribution is 5.64. The Balaban J connectivity index is 2.31. The molecule has 20 heavy (non-hydrogen) atoms. The van der Waals surface area contributed by atoms with Crippen LogP contribution < -0.4 is 10.6 Å². The molecule has 0 unspecified atom stereocenters. The summed E-state index contributed by atoms with van der Waals surface area (Å²) in [4.78, 5) is 8.99. The largest absolute Gasteiger partial charge is 0.370 e. The van der Waals surface area contributed by atoms with Gasteiger partial charge in [-0.3, -0.25) is 0 Å². The lowest BCUT2D eigenvalue weighted by atomic mass is 10.1. The second-order valence-electron chi connectivity index (χ2n) is 4.42. The summed E-state index contributed by atoms with van der Waals surface area (Å²) in [5.74, 6) is 1.46. The molecule has 0 aliphatic heterocycles. The summed E-state index contributed by atoms with van der Waals surface area (Å²) >= 11 is 0. The van der Waals surface area contributed by atoms with Crippen LogP contribution in [-0.4, -0.2) is 23.1 Å². The van der Waals surface area contributed by atoms with Gasteiger partial charge in [0.25, 0.3) is 0 Å². The van der Waals surface area contributed by atoms with Crippen molar-refractivity contribution in [2.24, 2.45) is 0 Å². The first-order valence-corrected chi connectivity index (χ1v) is 6.86. The van der Waals surface area contributed by atoms with Gasteiger partial charge in [0.15, 0.2) is 0 Å². The molecule has 104 valence electrons. The first-order chi connectivity index (χ1) is 9.83. The van der Waals surface area contributed by atoms with Gasteiger partial charge in [0.05, 0.1) is 5.69 Å². The van der Waals surface area contributed by atoms with Crippen LogP contribution in [0.1, 0.15) is 13.3 Å². The molecule has 1 aromatic carbocycles. The van der Waals surface area contributed by atoms with E-state index in [1.54, 1.807) is 6.08 Å². The first-order valence-electron chi connectivity index (χ1n) is 6.86. The van der Waals surface area contributed by atoms with Crippen molar-refractivity contribution in [3.05, 3.63) is 49.1 Å². The molecule has 2 N–H and O–H groups in total. The number of hydrogen-bond donors (Lipinski definition) is 2. The highest BCUT2D eigenvalue weighted by atomic mass is 15.1. The van der Waals surface area contributed by atoms with Crippen LogP contribution in [0.2, 0.25) is 0 Å².